The highest BCUT2D eigenvalue weighted by molar-refractivity contribution is 14.0. The molecule has 1 atom stereocenters. The van der Waals surface area contributed by atoms with Crippen LogP contribution in [0.15, 0.2) is 11.2 Å². The van der Waals surface area contributed by atoms with Crippen molar-refractivity contribution in [3.05, 3.63) is 16.1 Å². The maximum atomic E-state index is 4.40. The number of thiazole rings is 1. The summed E-state index contributed by atoms with van der Waals surface area (Å²) in [4.78, 5) is 12.6. The van der Waals surface area contributed by atoms with Gasteiger partial charge in [0.05, 0.1) is 5.01 Å². The molecule has 0 aliphatic carbocycles. The first-order valence-corrected chi connectivity index (χ1v) is 9.51. The van der Waals surface area contributed by atoms with E-state index in [9.17, 15) is 0 Å². The van der Waals surface area contributed by atoms with Crippen LogP contribution < -0.4 is 10.6 Å². The largest absolute Gasteiger partial charge is 0.356 e. The number of halogens is 1. The molecule has 1 unspecified atom stereocenters. The highest BCUT2D eigenvalue weighted by atomic mass is 127. The zero-order chi connectivity index (χ0) is 16.7. The Kier molecular flexibility index (Phi) is 10.1. The van der Waals surface area contributed by atoms with Crippen molar-refractivity contribution in [2.24, 2.45) is 10.9 Å². The van der Waals surface area contributed by atoms with Crippen molar-refractivity contribution in [1.82, 2.24) is 20.5 Å². The van der Waals surface area contributed by atoms with Crippen LogP contribution in [0.5, 0.6) is 0 Å². The van der Waals surface area contributed by atoms with Crippen molar-refractivity contribution in [1.29, 1.82) is 0 Å². The summed E-state index contributed by atoms with van der Waals surface area (Å²) < 4.78 is 0. The van der Waals surface area contributed by atoms with Gasteiger partial charge in [-0.1, -0.05) is 13.8 Å². The molecule has 5 nitrogen and oxygen atoms in total. The van der Waals surface area contributed by atoms with Gasteiger partial charge in [-0.05, 0) is 38.8 Å². The first-order chi connectivity index (χ1) is 11.1. The summed E-state index contributed by atoms with van der Waals surface area (Å²) in [5.41, 5.74) is 0. The van der Waals surface area contributed by atoms with E-state index >= 15 is 0 Å². The van der Waals surface area contributed by atoms with Gasteiger partial charge in [-0.15, -0.1) is 35.3 Å². The molecule has 0 bridgehead atoms. The topological polar surface area (TPSA) is 52.6 Å². The zero-order valence-corrected chi connectivity index (χ0v) is 18.5. The first-order valence-electron chi connectivity index (χ1n) is 8.70. The molecule has 1 aliphatic heterocycles. The number of guanidine groups is 1. The van der Waals surface area contributed by atoms with Gasteiger partial charge in [0.15, 0.2) is 5.96 Å². The second kappa shape index (κ2) is 11.3. The highest BCUT2D eigenvalue weighted by Gasteiger charge is 2.24. The Morgan fingerprint density at radius 1 is 1.33 bits per heavy atom. The number of nitrogens with zero attached hydrogens (tertiary/aromatic N) is 3. The molecule has 1 saturated heterocycles. The van der Waals surface area contributed by atoms with Crippen molar-refractivity contribution in [3.63, 3.8) is 0 Å². The van der Waals surface area contributed by atoms with Crippen LogP contribution >= 0.6 is 35.3 Å². The SMILES string of the molecule is CN=C(NCCc1ncc(C)s1)NCC(C(C)C)N1CCCC1.I. The second-order valence-corrected chi connectivity index (χ2v) is 7.87. The molecule has 138 valence electrons. The quantitative estimate of drug-likeness (QED) is 0.370. The third-order valence-corrected chi connectivity index (χ3v) is 5.35. The number of nitrogens with one attached hydrogen (secondary N) is 2. The molecule has 2 N–H and O–H groups in total. The maximum absolute atomic E-state index is 4.40. The molecule has 2 heterocycles. The molecule has 1 aromatic rings. The fourth-order valence-electron chi connectivity index (χ4n) is 3.09. The molecule has 0 amide bonds. The van der Waals surface area contributed by atoms with Gasteiger partial charge in [0.1, 0.15) is 0 Å². The van der Waals surface area contributed by atoms with Crippen molar-refractivity contribution < 1.29 is 0 Å². The summed E-state index contributed by atoms with van der Waals surface area (Å²) in [5.74, 6) is 1.54. The van der Waals surface area contributed by atoms with E-state index in [1.807, 2.05) is 13.2 Å². The Labute approximate surface area is 167 Å². The standard InChI is InChI=1S/C17H31N5S.HI/c1-13(2)15(22-9-5-6-10-22)12-21-17(18-4)19-8-7-16-20-11-14(3)23-16;/h11,13,15H,5-10,12H2,1-4H3,(H2,18,19,21);1H. The minimum Gasteiger partial charge on any atom is -0.356 e. The lowest BCUT2D eigenvalue weighted by Gasteiger charge is -2.31. The van der Waals surface area contributed by atoms with E-state index in [1.54, 1.807) is 11.3 Å². The lowest BCUT2D eigenvalue weighted by molar-refractivity contribution is 0.192. The van der Waals surface area contributed by atoms with Crippen molar-refractivity contribution in [2.45, 2.75) is 46.1 Å². The average molecular weight is 465 g/mol. The van der Waals surface area contributed by atoms with Gasteiger partial charge in [-0.2, -0.15) is 0 Å². The van der Waals surface area contributed by atoms with E-state index in [0.29, 0.717) is 12.0 Å². The van der Waals surface area contributed by atoms with Crippen LogP contribution in [0.2, 0.25) is 0 Å². The molecule has 0 radical (unpaired) electrons. The van der Waals surface area contributed by atoms with E-state index in [4.69, 9.17) is 0 Å². The van der Waals surface area contributed by atoms with Crippen LogP contribution in [0.1, 0.15) is 36.6 Å². The van der Waals surface area contributed by atoms with Gasteiger partial charge in [0, 0.05) is 43.7 Å². The predicted molar refractivity (Wildman–Crippen MR) is 115 cm³/mol. The van der Waals surface area contributed by atoms with Gasteiger partial charge in [0.2, 0.25) is 0 Å². The summed E-state index contributed by atoms with van der Waals surface area (Å²) >= 11 is 1.77. The van der Waals surface area contributed by atoms with E-state index in [-0.39, 0.29) is 24.0 Å². The molecule has 0 spiro atoms. The summed E-state index contributed by atoms with van der Waals surface area (Å²) in [6.07, 6.45) is 5.56. The monoisotopic (exact) mass is 465 g/mol. The zero-order valence-electron chi connectivity index (χ0n) is 15.3. The maximum Gasteiger partial charge on any atom is 0.191 e. The van der Waals surface area contributed by atoms with Gasteiger partial charge in [-0.3, -0.25) is 9.89 Å². The number of hydrogen-bond donors (Lipinski definition) is 2. The molecule has 1 fully saturated rings. The Balaban J connectivity index is 0.00000288. The van der Waals surface area contributed by atoms with Gasteiger partial charge >= 0.3 is 0 Å². The Morgan fingerprint density at radius 2 is 2.04 bits per heavy atom. The number of aliphatic imine (C=N–C) groups is 1. The molecule has 2 rings (SSSR count). The van der Waals surface area contributed by atoms with Crippen molar-refractivity contribution in [3.8, 4) is 0 Å². The third-order valence-electron chi connectivity index (χ3n) is 4.38. The molecule has 0 saturated carbocycles. The molecular weight excluding hydrogens is 433 g/mol. The van der Waals surface area contributed by atoms with Crippen molar-refractivity contribution in [2.75, 3.05) is 33.2 Å². The molecule has 0 aromatic carbocycles. The summed E-state index contributed by atoms with van der Waals surface area (Å²) in [6, 6.07) is 0.581. The summed E-state index contributed by atoms with van der Waals surface area (Å²) in [6.45, 7) is 11.0. The number of aromatic nitrogens is 1. The van der Waals surface area contributed by atoms with Crippen LogP contribution in [-0.2, 0) is 6.42 Å². The normalized spacial score (nSPS) is 17.0. The molecular formula is C17H32IN5S. The number of hydrogen-bond acceptors (Lipinski definition) is 4. The molecule has 1 aliphatic rings. The number of likely N-dealkylation sites (tertiary alicyclic amines) is 1. The van der Waals surface area contributed by atoms with Gasteiger partial charge in [-0.25, -0.2) is 4.98 Å². The minimum atomic E-state index is 0. The highest BCUT2D eigenvalue weighted by Crippen LogP contribution is 2.17. The Hall–Kier alpha value is -0.410. The Morgan fingerprint density at radius 3 is 2.58 bits per heavy atom. The average Bonchev–Trinajstić information content (AvgIpc) is 3.17. The number of aryl methyl sites for hydroxylation is 1. The predicted octanol–water partition coefficient (Wildman–Crippen LogP) is 2.90. The van der Waals surface area contributed by atoms with Crippen LogP contribution in [0.3, 0.4) is 0 Å². The summed E-state index contributed by atoms with van der Waals surface area (Å²) in [7, 11) is 1.84. The molecule has 1 aromatic heterocycles. The van der Waals surface area contributed by atoms with Crippen LogP contribution in [0.4, 0.5) is 0 Å². The second-order valence-electron chi connectivity index (χ2n) is 6.55. The van der Waals surface area contributed by atoms with Gasteiger partial charge < -0.3 is 10.6 Å². The number of rotatable bonds is 7. The summed E-state index contributed by atoms with van der Waals surface area (Å²) in [5, 5.41) is 8.08. The first kappa shape index (κ1) is 21.6. The van der Waals surface area contributed by atoms with Crippen LogP contribution in [-0.4, -0.2) is 55.1 Å². The third kappa shape index (κ3) is 6.84. The fraction of sp³-hybridized carbons (Fsp3) is 0.765. The van der Waals surface area contributed by atoms with Gasteiger partial charge in [0.25, 0.3) is 0 Å². The van der Waals surface area contributed by atoms with E-state index in [1.165, 1.54) is 35.8 Å². The smallest absolute Gasteiger partial charge is 0.191 e. The lowest BCUT2D eigenvalue weighted by Crippen LogP contribution is -2.48. The van der Waals surface area contributed by atoms with E-state index in [0.717, 1.165) is 25.5 Å². The van der Waals surface area contributed by atoms with Crippen molar-refractivity contribution >= 4 is 41.3 Å². The van der Waals surface area contributed by atoms with Crippen LogP contribution in [0.25, 0.3) is 0 Å². The minimum absolute atomic E-state index is 0. The lowest BCUT2D eigenvalue weighted by atomic mass is 10.0. The molecule has 24 heavy (non-hydrogen) atoms. The molecule has 7 heteroatoms. The van der Waals surface area contributed by atoms with E-state index in [2.05, 4.69) is 46.3 Å². The van der Waals surface area contributed by atoms with E-state index < -0.39 is 0 Å². The fourth-order valence-corrected chi connectivity index (χ4v) is 3.87. The van der Waals surface area contributed by atoms with Crippen LogP contribution in [0, 0.1) is 12.8 Å². The Bertz CT molecular complexity index is 497.